The van der Waals surface area contributed by atoms with Gasteiger partial charge in [-0.1, -0.05) is 29.8 Å². The second-order valence-corrected chi connectivity index (χ2v) is 7.01. The van der Waals surface area contributed by atoms with Crippen LogP contribution < -0.4 is 9.64 Å². The van der Waals surface area contributed by atoms with Crippen molar-refractivity contribution in [1.82, 2.24) is 0 Å². The van der Waals surface area contributed by atoms with Crippen molar-refractivity contribution in [3.8, 4) is 5.75 Å². The molecule has 7 nitrogen and oxygen atoms in total. The standard InChI is InChI=1S/C21H20ClNO6/c1-2-28-19(24)10-15-9-14-6-7-17(11-18(14)23(20(15)25)21(26)27)29-12-13-4-3-5-16(22)8-13/h3-8,11,15H,2,9-10,12H2,1H3,(H,26,27). The van der Waals surface area contributed by atoms with E-state index in [1.54, 1.807) is 31.2 Å². The summed E-state index contributed by atoms with van der Waals surface area (Å²) in [6.45, 7) is 2.11. The van der Waals surface area contributed by atoms with Crippen molar-refractivity contribution in [3.63, 3.8) is 0 Å². The van der Waals surface area contributed by atoms with E-state index in [1.807, 2.05) is 12.1 Å². The molecule has 0 saturated heterocycles. The van der Waals surface area contributed by atoms with Gasteiger partial charge in [-0.3, -0.25) is 9.59 Å². The largest absolute Gasteiger partial charge is 0.489 e. The smallest absolute Gasteiger partial charge is 0.418 e. The van der Waals surface area contributed by atoms with E-state index in [2.05, 4.69) is 0 Å². The van der Waals surface area contributed by atoms with Crippen LogP contribution in [0.5, 0.6) is 5.75 Å². The predicted octanol–water partition coefficient (Wildman–Crippen LogP) is 4.06. The number of fused-ring (bicyclic) bond motifs is 1. The maximum atomic E-state index is 12.7. The molecule has 0 spiro atoms. The highest BCUT2D eigenvalue weighted by atomic mass is 35.5. The highest BCUT2D eigenvalue weighted by molar-refractivity contribution is 6.30. The summed E-state index contributed by atoms with van der Waals surface area (Å²) >= 11 is 5.96. The molecule has 1 atom stereocenters. The maximum Gasteiger partial charge on any atom is 0.418 e. The molecule has 0 aromatic heterocycles. The van der Waals surface area contributed by atoms with Gasteiger partial charge in [-0.05, 0) is 42.7 Å². The quantitative estimate of drug-likeness (QED) is 0.712. The van der Waals surface area contributed by atoms with Gasteiger partial charge < -0.3 is 14.6 Å². The fraction of sp³-hybridized carbons (Fsp3) is 0.286. The Morgan fingerprint density at radius 1 is 1.24 bits per heavy atom. The molecular formula is C21H20ClNO6. The Balaban J connectivity index is 1.81. The highest BCUT2D eigenvalue weighted by Gasteiger charge is 2.38. The minimum absolute atomic E-state index is 0.164. The summed E-state index contributed by atoms with van der Waals surface area (Å²) in [6, 6.07) is 12.1. The zero-order valence-electron chi connectivity index (χ0n) is 15.8. The predicted molar refractivity (Wildman–Crippen MR) is 106 cm³/mol. The van der Waals surface area contributed by atoms with Crippen LogP contribution in [0.15, 0.2) is 42.5 Å². The van der Waals surface area contributed by atoms with Crippen LogP contribution >= 0.6 is 11.6 Å². The number of nitrogens with zero attached hydrogens (tertiary/aromatic N) is 1. The zero-order valence-corrected chi connectivity index (χ0v) is 16.5. The Hall–Kier alpha value is -3.06. The van der Waals surface area contributed by atoms with Crippen LogP contribution in [0.1, 0.15) is 24.5 Å². The maximum absolute atomic E-state index is 12.7. The third-order valence-corrected chi connectivity index (χ3v) is 4.77. The van der Waals surface area contributed by atoms with Gasteiger partial charge in [-0.25, -0.2) is 9.69 Å². The van der Waals surface area contributed by atoms with Crippen molar-refractivity contribution in [3.05, 3.63) is 58.6 Å². The van der Waals surface area contributed by atoms with Crippen molar-refractivity contribution >= 4 is 35.3 Å². The zero-order chi connectivity index (χ0) is 21.0. The number of amides is 2. The summed E-state index contributed by atoms with van der Waals surface area (Å²) in [5, 5.41) is 10.2. The number of hydrogen-bond donors (Lipinski definition) is 1. The van der Waals surface area contributed by atoms with Crippen LogP contribution in [-0.2, 0) is 27.4 Å². The monoisotopic (exact) mass is 417 g/mol. The minimum atomic E-state index is -1.41. The molecule has 1 aliphatic heterocycles. The van der Waals surface area contributed by atoms with Crippen molar-refractivity contribution in [2.75, 3.05) is 11.5 Å². The molecule has 3 rings (SSSR count). The lowest BCUT2D eigenvalue weighted by Crippen LogP contribution is -2.45. The highest BCUT2D eigenvalue weighted by Crippen LogP contribution is 2.35. The van der Waals surface area contributed by atoms with Crippen LogP contribution in [0.4, 0.5) is 10.5 Å². The van der Waals surface area contributed by atoms with Crippen LogP contribution in [-0.4, -0.2) is 29.7 Å². The van der Waals surface area contributed by atoms with E-state index in [-0.39, 0.29) is 31.7 Å². The number of hydrogen-bond acceptors (Lipinski definition) is 5. The SMILES string of the molecule is CCOC(=O)CC1Cc2ccc(OCc3cccc(Cl)c3)cc2N(C(=O)O)C1=O. The molecule has 1 heterocycles. The van der Waals surface area contributed by atoms with Crippen LogP contribution in [0.3, 0.4) is 0 Å². The fourth-order valence-corrected chi connectivity index (χ4v) is 3.45. The second kappa shape index (κ2) is 8.96. The molecule has 8 heteroatoms. The Labute approximate surface area is 172 Å². The average Bonchev–Trinajstić information content (AvgIpc) is 2.67. The van der Waals surface area contributed by atoms with E-state index >= 15 is 0 Å². The summed E-state index contributed by atoms with van der Waals surface area (Å²) in [5.41, 5.74) is 1.75. The summed E-state index contributed by atoms with van der Waals surface area (Å²) in [5.74, 6) is -1.53. The molecule has 2 aromatic rings. The van der Waals surface area contributed by atoms with E-state index in [4.69, 9.17) is 21.1 Å². The first-order chi connectivity index (χ1) is 13.9. The first-order valence-corrected chi connectivity index (χ1v) is 9.49. The number of imide groups is 1. The van der Waals surface area contributed by atoms with Gasteiger partial charge in [0.25, 0.3) is 0 Å². The molecule has 29 heavy (non-hydrogen) atoms. The second-order valence-electron chi connectivity index (χ2n) is 6.58. The van der Waals surface area contributed by atoms with Crippen molar-refractivity contribution in [2.45, 2.75) is 26.4 Å². The van der Waals surface area contributed by atoms with Crippen molar-refractivity contribution in [2.24, 2.45) is 5.92 Å². The Morgan fingerprint density at radius 2 is 2.03 bits per heavy atom. The molecule has 2 aromatic carbocycles. The van der Waals surface area contributed by atoms with Crippen LogP contribution in [0.2, 0.25) is 5.02 Å². The number of halogens is 1. The molecule has 152 valence electrons. The number of esters is 1. The molecule has 0 radical (unpaired) electrons. The number of carboxylic acid groups (broad SMARTS) is 1. The number of carbonyl (C=O) groups is 3. The van der Waals surface area contributed by atoms with E-state index in [1.165, 1.54) is 6.07 Å². The van der Waals surface area contributed by atoms with E-state index in [0.717, 1.165) is 5.56 Å². The van der Waals surface area contributed by atoms with Gasteiger partial charge in [-0.15, -0.1) is 0 Å². The number of rotatable bonds is 6. The normalized spacial score (nSPS) is 15.6. The summed E-state index contributed by atoms with van der Waals surface area (Å²) in [6.07, 6.45) is -1.31. The molecule has 0 fully saturated rings. The summed E-state index contributed by atoms with van der Waals surface area (Å²) < 4.78 is 10.6. The third kappa shape index (κ3) is 4.86. The lowest BCUT2D eigenvalue weighted by atomic mass is 9.89. The van der Waals surface area contributed by atoms with Crippen LogP contribution in [0.25, 0.3) is 0 Å². The number of benzene rings is 2. The Morgan fingerprint density at radius 3 is 2.72 bits per heavy atom. The number of carbonyl (C=O) groups excluding carboxylic acids is 2. The molecule has 2 amide bonds. The fourth-order valence-electron chi connectivity index (χ4n) is 3.24. The lowest BCUT2D eigenvalue weighted by molar-refractivity contribution is -0.146. The Bertz CT molecular complexity index is 945. The molecule has 0 saturated carbocycles. The minimum Gasteiger partial charge on any atom is -0.489 e. The van der Waals surface area contributed by atoms with Gasteiger partial charge in [0, 0.05) is 11.1 Å². The van der Waals surface area contributed by atoms with Gasteiger partial charge in [0.05, 0.1) is 24.6 Å². The van der Waals surface area contributed by atoms with Crippen molar-refractivity contribution in [1.29, 1.82) is 0 Å². The Kier molecular flexibility index (Phi) is 6.39. The first kappa shape index (κ1) is 20.7. The molecular weight excluding hydrogens is 398 g/mol. The van der Waals surface area contributed by atoms with Gasteiger partial charge in [0.15, 0.2) is 0 Å². The molecule has 1 unspecified atom stereocenters. The number of anilines is 1. The molecule has 0 aliphatic carbocycles. The number of ether oxygens (including phenoxy) is 2. The first-order valence-electron chi connectivity index (χ1n) is 9.11. The third-order valence-electron chi connectivity index (χ3n) is 4.54. The van der Waals surface area contributed by atoms with E-state index in [0.29, 0.717) is 21.2 Å². The van der Waals surface area contributed by atoms with E-state index < -0.39 is 23.9 Å². The average molecular weight is 418 g/mol. The molecule has 1 N–H and O–H groups in total. The van der Waals surface area contributed by atoms with Crippen molar-refractivity contribution < 1.29 is 29.0 Å². The molecule has 0 bridgehead atoms. The van der Waals surface area contributed by atoms with Gasteiger partial charge in [0.2, 0.25) is 5.91 Å². The van der Waals surface area contributed by atoms with Gasteiger partial charge >= 0.3 is 12.1 Å². The van der Waals surface area contributed by atoms with E-state index in [9.17, 15) is 19.5 Å². The summed E-state index contributed by atoms with van der Waals surface area (Å²) in [7, 11) is 0. The van der Waals surface area contributed by atoms with Gasteiger partial charge in [0.1, 0.15) is 12.4 Å². The molecule has 1 aliphatic rings. The van der Waals surface area contributed by atoms with Crippen LogP contribution in [0, 0.1) is 5.92 Å². The lowest BCUT2D eigenvalue weighted by Gasteiger charge is -2.30. The summed E-state index contributed by atoms with van der Waals surface area (Å²) in [4.78, 5) is 36.9. The topological polar surface area (TPSA) is 93.1 Å². The van der Waals surface area contributed by atoms with Gasteiger partial charge in [-0.2, -0.15) is 0 Å².